The van der Waals surface area contributed by atoms with Crippen molar-refractivity contribution in [3.8, 4) is 0 Å². The molecule has 1 rings (SSSR count). The summed E-state index contributed by atoms with van der Waals surface area (Å²) in [6.07, 6.45) is 2.87. The first-order valence-corrected chi connectivity index (χ1v) is 4.60. The van der Waals surface area contributed by atoms with Crippen molar-refractivity contribution in [3.05, 3.63) is 23.7 Å². The fraction of sp³-hybridized carbons (Fsp3) is 0.636. The van der Waals surface area contributed by atoms with Crippen LogP contribution in [0, 0.1) is 12.8 Å². The van der Waals surface area contributed by atoms with Crippen LogP contribution in [0.25, 0.3) is 0 Å². The highest BCUT2D eigenvalue weighted by molar-refractivity contribution is 5.10. The van der Waals surface area contributed by atoms with E-state index in [0.717, 1.165) is 18.1 Å². The average molecular weight is 168 g/mol. The molecule has 1 heteroatoms. The van der Waals surface area contributed by atoms with Crippen molar-refractivity contribution in [1.82, 2.24) is 0 Å². The summed E-state index contributed by atoms with van der Waals surface area (Å²) < 4.78 is 5.06. The average Bonchev–Trinajstić information content (AvgIpc) is 2.34. The van der Waals surface area contributed by atoms with Crippen molar-refractivity contribution >= 4 is 0 Å². The minimum Gasteiger partial charge on any atom is -0.469 e. The van der Waals surface area contributed by atoms with Gasteiger partial charge in [-0.2, -0.15) is 0 Å². The van der Waals surface area contributed by atoms with Gasteiger partial charge in [0.05, 0.1) is 6.26 Å². The second-order valence-corrected chi connectivity index (χ2v) is 3.65. The molecule has 0 amide bonds. The molecular formula is C11H20O. The third-order valence-corrected chi connectivity index (χ3v) is 1.19. The molecule has 0 unspecified atom stereocenters. The van der Waals surface area contributed by atoms with Crippen molar-refractivity contribution in [3.63, 3.8) is 0 Å². The van der Waals surface area contributed by atoms with Crippen LogP contribution in [0.2, 0.25) is 0 Å². The van der Waals surface area contributed by atoms with Crippen LogP contribution in [-0.4, -0.2) is 0 Å². The number of furan rings is 1. The smallest absolute Gasteiger partial charge is 0.100 e. The maximum Gasteiger partial charge on any atom is 0.100 e. The number of aryl methyl sites for hydroxylation is 2. The van der Waals surface area contributed by atoms with Gasteiger partial charge in [-0.1, -0.05) is 27.7 Å². The Bertz CT molecular complexity index is 196. The highest BCUT2D eigenvalue weighted by atomic mass is 16.3. The Morgan fingerprint density at radius 1 is 1.33 bits per heavy atom. The van der Waals surface area contributed by atoms with Gasteiger partial charge in [0, 0.05) is 0 Å². The number of rotatable bonds is 1. The molecule has 70 valence electrons. The summed E-state index contributed by atoms with van der Waals surface area (Å²) in [5, 5.41) is 0. The van der Waals surface area contributed by atoms with Crippen LogP contribution >= 0.6 is 0 Å². The molecule has 0 fully saturated rings. The number of hydrogen-bond donors (Lipinski definition) is 0. The first-order valence-electron chi connectivity index (χ1n) is 4.60. The van der Waals surface area contributed by atoms with Crippen LogP contribution < -0.4 is 0 Å². The molecule has 0 aliphatic carbocycles. The minimum atomic E-state index is 0.833. The van der Waals surface area contributed by atoms with Crippen molar-refractivity contribution < 1.29 is 4.42 Å². The Hall–Kier alpha value is -0.720. The molecular weight excluding hydrogens is 148 g/mol. The first-order chi connectivity index (χ1) is 5.56. The maximum atomic E-state index is 5.06. The Kier molecular flexibility index (Phi) is 5.52. The zero-order valence-corrected chi connectivity index (χ0v) is 8.85. The molecule has 1 nitrogen and oxygen atoms in total. The van der Waals surface area contributed by atoms with E-state index in [1.807, 2.05) is 6.92 Å². The highest BCUT2D eigenvalue weighted by Gasteiger charge is 1.90. The molecule has 0 aliphatic heterocycles. The van der Waals surface area contributed by atoms with E-state index in [0.29, 0.717) is 0 Å². The fourth-order valence-electron chi connectivity index (χ4n) is 0.683. The monoisotopic (exact) mass is 168 g/mol. The standard InChI is InChI=1S/C7H10O.C4H10/c1-3-7-4-6(2)8-5-7;1-4(2)3/h4-5H,3H2,1-2H3;4H,1-3H3. The van der Waals surface area contributed by atoms with Crippen LogP contribution in [0.3, 0.4) is 0 Å². The van der Waals surface area contributed by atoms with E-state index in [1.54, 1.807) is 6.26 Å². The summed E-state index contributed by atoms with van der Waals surface area (Å²) in [4.78, 5) is 0. The minimum absolute atomic E-state index is 0.833. The lowest BCUT2D eigenvalue weighted by atomic mass is 10.2. The Balaban J connectivity index is 0.000000261. The lowest BCUT2D eigenvalue weighted by Crippen LogP contribution is -1.67. The Labute approximate surface area is 75.8 Å². The normalized spacial score (nSPS) is 9.50. The summed E-state index contributed by atoms with van der Waals surface area (Å²) >= 11 is 0. The van der Waals surface area contributed by atoms with Crippen LogP contribution in [0.5, 0.6) is 0 Å². The molecule has 0 atom stereocenters. The van der Waals surface area contributed by atoms with E-state index in [4.69, 9.17) is 4.42 Å². The molecule has 0 aliphatic rings. The van der Waals surface area contributed by atoms with Crippen LogP contribution in [0.4, 0.5) is 0 Å². The van der Waals surface area contributed by atoms with E-state index in [9.17, 15) is 0 Å². The topological polar surface area (TPSA) is 13.1 Å². The van der Waals surface area contributed by atoms with Crippen molar-refractivity contribution in [1.29, 1.82) is 0 Å². The second kappa shape index (κ2) is 5.87. The van der Waals surface area contributed by atoms with Gasteiger partial charge in [-0.3, -0.25) is 0 Å². The van der Waals surface area contributed by atoms with Crippen LogP contribution in [0.15, 0.2) is 16.7 Å². The molecule has 0 saturated carbocycles. The van der Waals surface area contributed by atoms with E-state index >= 15 is 0 Å². The molecule has 0 radical (unpaired) electrons. The molecule has 0 spiro atoms. The number of hydrogen-bond acceptors (Lipinski definition) is 1. The zero-order valence-electron chi connectivity index (χ0n) is 8.85. The Morgan fingerprint density at radius 3 is 2.00 bits per heavy atom. The second-order valence-electron chi connectivity index (χ2n) is 3.65. The van der Waals surface area contributed by atoms with Gasteiger partial charge in [0.2, 0.25) is 0 Å². The van der Waals surface area contributed by atoms with Crippen LogP contribution in [-0.2, 0) is 6.42 Å². The SMILES string of the molecule is CC(C)C.CCc1coc(C)c1. The van der Waals surface area contributed by atoms with Gasteiger partial charge >= 0.3 is 0 Å². The van der Waals surface area contributed by atoms with Gasteiger partial charge in [-0.05, 0) is 30.9 Å². The van der Waals surface area contributed by atoms with Gasteiger partial charge in [0.1, 0.15) is 5.76 Å². The van der Waals surface area contributed by atoms with E-state index in [1.165, 1.54) is 5.56 Å². The third kappa shape index (κ3) is 6.02. The highest BCUT2D eigenvalue weighted by Crippen LogP contribution is 2.05. The van der Waals surface area contributed by atoms with Gasteiger partial charge in [-0.25, -0.2) is 0 Å². The van der Waals surface area contributed by atoms with Gasteiger partial charge in [0.15, 0.2) is 0 Å². The molecule has 0 saturated heterocycles. The largest absolute Gasteiger partial charge is 0.469 e. The summed E-state index contributed by atoms with van der Waals surface area (Å²) in [7, 11) is 0. The van der Waals surface area contributed by atoms with Gasteiger partial charge < -0.3 is 4.42 Å². The molecule has 1 aromatic rings. The molecule has 0 N–H and O–H groups in total. The zero-order chi connectivity index (χ0) is 9.56. The van der Waals surface area contributed by atoms with Crippen molar-refractivity contribution in [2.45, 2.75) is 41.0 Å². The summed E-state index contributed by atoms with van der Waals surface area (Å²) in [5.74, 6) is 1.84. The fourth-order valence-corrected chi connectivity index (χ4v) is 0.683. The molecule has 0 bridgehead atoms. The summed E-state index contributed by atoms with van der Waals surface area (Å²) in [6, 6.07) is 2.06. The molecule has 1 heterocycles. The Morgan fingerprint density at radius 2 is 1.83 bits per heavy atom. The lowest BCUT2D eigenvalue weighted by Gasteiger charge is -1.79. The van der Waals surface area contributed by atoms with E-state index in [-0.39, 0.29) is 0 Å². The molecule has 0 aromatic carbocycles. The van der Waals surface area contributed by atoms with Crippen molar-refractivity contribution in [2.24, 2.45) is 5.92 Å². The predicted molar refractivity (Wildman–Crippen MR) is 53.3 cm³/mol. The molecule has 1 aromatic heterocycles. The summed E-state index contributed by atoms with van der Waals surface area (Å²) in [5.41, 5.74) is 1.28. The summed E-state index contributed by atoms with van der Waals surface area (Å²) in [6.45, 7) is 10.6. The van der Waals surface area contributed by atoms with Gasteiger partial charge in [0.25, 0.3) is 0 Å². The van der Waals surface area contributed by atoms with E-state index in [2.05, 4.69) is 33.8 Å². The van der Waals surface area contributed by atoms with Crippen molar-refractivity contribution in [2.75, 3.05) is 0 Å². The van der Waals surface area contributed by atoms with Gasteiger partial charge in [-0.15, -0.1) is 0 Å². The van der Waals surface area contributed by atoms with Crippen LogP contribution in [0.1, 0.15) is 39.0 Å². The predicted octanol–water partition coefficient (Wildman–Crippen LogP) is 3.81. The lowest BCUT2D eigenvalue weighted by molar-refractivity contribution is 0.532. The maximum absolute atomic E-state index is 5.06. The first kappa shape index (κ1) is 11.3. The van der Waals surface area contributed by atoms with E-state index < -0.39 is 0 Å². The third-order valence-electron chi connectivity index (χ3n) is 1.19. The quantitative estimate of drug-likeness (QED) is 0.621. The molecule has 12 heavy (non-hydrogen) atoms.